The number of benzene rings is 1. The highest BCUT2D eigenvalue weighted by molar-refractivity contribution is 5.71. The van der Waals surface area contributed by atoms with Crippen molar-refractivity contribution in [3.8, 4) is 17.6 Å². The second-order valence-corrected chi connectivity index (χ2v) is 4.95. The number of carbonyl (C=O) groups is 1. The van der Waals surface area contributed by atoms with E-state index in [0.717, 1.165) is 5.56 Å². The summed E-state index contributed by atoms with van der Waals surface area (Å²) in [7, 11) is 0. The second kappa shape index (κ2) is 7.94. The first-order valence-electron chi connectivity index (χ1n) is 7.07. The third-order valence-corrected chi connectivity index (χ3v) is 3.02. The SMILES string of the molecule is CC(C#Cc1cc(F)cc(OCc2cccnc2)c1)N(O)C(N)=O. The van der Waals surface area contributed by atoms with E-state index in [1.807, 2.05) is 6.07 Å². The number of nitrogens with zero attached hydrogens (tertiary/aromatic N) is 2. The summed E-state index contributed by atoms with van der Waals surface area (Å²) in [6.45, 7) is 1.73. The second-order valence-electron chi connectivity index (χ2n) is 4.95. The van der Waals surface area contributed by atoms with Crippen molar-refractivity contribution in [2.45, 2.75) is 19.6 Å². The summed E-state index contributed by atoms with van der Waals surface area (Å²) in [5.41, 5.74) is 6.13. The number of ether oxygens (including phenoxy) is 1. The Morgan fingerprint density at radius 2 is 2.29 bits per heavy atom. The average molecular weight is 329 g/mol. The zero-order valence-corrected chi connectivity index (χ0v) is 12.9. The number of hydrogen-bond donors (Lipinski definition) is 2. The van der Waals surface area contributed by atoms with Crippen LogP contribution in [0.1, 0.15) is 18.1 Å². The first-order valence-corrected chi connectivity index (χ1v) is 7.07. The van der Waals surface area contributed by atoms with Gasteiger partial charge in [-0.2, -0.15) is 5.06 Å². The van der Waals surface area contributed by atoms with Crippen LogP contribution in [0.15, 0.2) is 42.7 Å². The molecule has 2 aromatic rings. The third-order valence-electron chi connectivity index (χ3n) is 3.02. The van der Waals surface area contributed by atoms with Crippen molar-refractivity contribution < 1.29 is 19.1 Å². The van der Waals surface area contributed by atoms with E-state index in [4.69, 9.17) is 10.5 Å². The highest BCUT2D eigenvalue weighted by Gasteiger charge is 2.11. The van der Waals surface area contributed by atoms with Crippen LogP contribution < -0.4 is 10.5 Å². The van der Waals surface area contributed by atoms with Crippen LogP contribution in [0.4, 0.5) is 9.18 Å². The summed E-state index contributed by atoms with van der Waals surface area (Å²) in [6, 6.07) is 5.80. The Hall–Kier alpha value is -3.11. The van der Waals surface area contributed by atoms with Gasteiger partial charge in [-0.1, -0.05) is 17.9 Å². The van der Waals surface area contributed by atoms with E-state index in [9.17, 15) is 14.4 Å². The van der Waals surface area contributed by atoms with E-state index in [2.05, 4.69) is 16.8 Å². The average Bonchev–Trinajstić information content (AvgIpc) is 2.57. The molecule has 2 amide bonds. The van der Waals surface area contributed by atoms with Crippen molar-refractivity contribution in [1.29, 1.82) is 0 Å². The van der Waals surface area contributed by atoms with Gasteiger partial charge in [-0.05, 0) is 25.1 Å². The Kier molecular flexibility index (Phi) is 5.71. The summed E-state index contributed by atoms with van der Waals surface area (Å²) >= 11 is 0. The fourth-order valence-electron chi connectivity index (χ4n) is 1.81. The predicted octanol–water partition coefficient (Wildman–Crippen LogP) is 2.31. The van der Waals surface area contributed by atoms with Crippen molar-refractivity contribution in [3.05, 3.63) is 59.7 Å². The lowest BCUT2D eigenvalue weighted by molar-refractivity contribution is -0.0536. The Balaban J connectivity index is 2.10. The normalized spacial score (nSPS) is 11.1. The van der Waals surface area contributed by atoms with Crippen LogP contribution in [0.25, 0.3) is 0 Å². The Morgan fingerprint density at radius 1 is 1.50 bits per heavy atom. The minimum Gasteiger partial charge on any atom is -0.489 e. The van der Waals surface area contributed by atoms with Gasteiger partial charge in [-0.15, -0.1) is 0 Å². The van der Waals surface area contributed by atoms with Crippen LogP contribution >= 0.6 is 0 Å². The first-order chi connectivity index (χ1) is 11.5. The van der Waals surface area contributed by atoms with Crippen LogP contribution in [0.2, 0.25) is 0 Å². The summed E-state index contributed by atoms with van der Waals surface area (Å²) in [4.78, 5) is 14.8. The van der Waals surface area contributed by atoms with Crippen LogP contribution in [0.3, 0.4) is 0 Å². The third kappa shape index (κ3) is 4.97. The fraction of sp³-hybridized carbons (Fsp3) is 0.176. The molecule has 1 heterocycles. The maximum Gasteiger partial charge on any atom is 0.339 e. The molecule has 1 unspecified atom stereocenters. The molecule has 1 aromatic heterocycles. The summed E-state index contributed by atoms with van der Waals surface area (Å²) in [5.74, 6) is 5.07. The summed E-state index contributed by atoms with van der Waals surface area (Å²) in [5, 5.41) is 9.64. The standard InChI is InChI=1S/C17H16FN3O3/c1-12(21(23)17(19)22)4-5-13-7-15(18)9-16(8-13)24-11-14-3-2-6-20-10-14/h2-3,6-10,12,23H,11H2,1H3,(H2,19,22). The van der Waals surface area contributed by atoms with Crippen LogP contribution in [0.5, 0.6) is 5.75 Å². The monoisotopic (exact) mass is 329 g/mol. The molecule has 1 atom stereocenters. The topological polar surface area (TPSA) is 88.7 Å². The molecule has 0 bridgehead atoms. The minimum atomic E-state index is -1.02. The molecule has 3 N–H and O–H groups in total. The molecule has 6 nitrogen and oxygen atoms in total. The van der Waals surface area contributed by atoms with Crippen molar-refractivity contribution in [2.24, 2.45) is 5.73 Å². The fourth-order valence-corrected chi connectivity index (χ4v) is 1.81. The summed E-state index contributed by atoms with van der Waals surface area (Å²) < 4.78 is 19.2. The first kappa shape index (κ1) is 17.2. The molecule has 2 rings (SSSR count). The van der Waals surface area contributed by atoms with Crippen LogP contribution in [-0.2, 0) is 6.61 Å². The lowest BCUT2D eigenvalue weighted by Gasteiger charge is -2.14. The highest BCUT2D eigenvalue weighted by Crippen LogP contribution is 2.17. The number of nitrogens with two attached hydrogens (primary N) is 1. The molecular formula is C17H16FN3O3. The van der Waals surface area contributed by atoms with Gasteiger partial charge in [0.2, 0.25) is 0 Å². The van der Waals surface area contributed by atoms with E-state index in [0.29, 0.717) is 16.4 Å². The van der Waals surface area contributed by atoms with Gasteiger partial charge >= 0.3 is 6.03 Å². The molecule has 0 fully saturated rings. The Bertz CT molecular complexity index is 772. The van der Waals surface area contributed by atoms with E-state index in [1.54, 1.807) is 24.5 Å². The highest BCUT2D eigenvalue weighted by atomic mass is 19.1. The van der Waals surface area contributed by atoms with Gasteiger partial charge in [-0.25, -0.2) is 9.18 Å². The number of hydroxylamine groups is 2. The van der Waals surface area contributed by atoms with Crippen LogP contribution in [0, 0.1) is 17.7 Å². The van der Waals surface area contributed by atoms with E-state index >= 15 is 0 Å². The number of hydrogen-bond acceptors (Lipinski definition) is 4. The van der Waals surface area contributed by atoms with Gasteiger partial charge < -0.3 is 10.5 Å². The number of rotatable bonds is 4. The van der Waals surface area contributed by atoms with Crippen molar-refractivity contribution >= 4 is 6.03 Å². The number of carbonyl (C=O) groups excluding carboxylic acids is 1. The molecule has 0 radical (unpaired) electrons. The number of pyridine rings is 1. The largest absolute Gasteiger partial charge is 0.489 e. The zero-order valence-electron chi connectivity index (χ0n) is 12.9. The molecule has 0 aliphatic heterocycles. The van der Waals surface area contributed by atoms with E-state index < -0.39 is 17.9 Å². The van der Waals surface area contributed by atoms with Gasteiger partial charge in [0.25, 0.3) is 0 Å². The van der Waals surface area contributed by atoms with E-state index in [-0.39, 0.29) is 6.61 Å². The molecule has 0 aliphatic rings. The molecule has 7 heteroatoms. The molecule has 124 valence electrons. The van der Waals surface area contributed by atoms with Crippen LogP contribution in [-0.4, -0.2) is 27.3 Å². The number of primary amides is 1. The molecule has 0 saturated carbocycles. The van der Waals surface area contributed by atoms with Crippen molar-refractivity contribution in [3.63, 3.8) is 0 Å². The number of halogens is 1. The number of aromatic nitrogens is 1. The van der Waals surface area contributed by atoms with Crippen molar-refractivity contribution in [2.75, 3.05) is 0 Å². The quantitative estimate of drug-likeness (QED) is 0.512. The van der Waals surface area contributed by atoms with Gasteiger partial charge in [0.15, 0.2) is 0 Å². The lowest BCUT2D eigenvalue weighted by atomic mass is 10.2. The lowest BCUT2D eigenvalue weighted by Crippen LogP contribution is -2.38. The molecule has 0 aliphatic carbocycles. The number of urea groups is 1. The summed E-state index contributed by atoms with van der Waals surface area (Å²) in [6.07, 6.45) is 3.30. The predicted molar refractivity (Wildman–Crippen MR) is 84.5 cm³/mol. The van der Waals surface area contributed by atoms with Gasteiger partial charge in [-0.3, -0.25) is 10.2 Å². The zero-order chi connectivity index (χ0) is 17.5. The molecule has 1 aromatic carbocycles. The molecule has 24 heavy (non-hydrogen) atoms. The maximum atomic E-state index is 13.7. The van der Waals surface area contributed by atoms with Crippen molar-refractivity contribution in [1.82, 2.24) is 10.0 Å². The molecule has 0 saturated heterocycles. The van der Waals surface area contributed by atoms with Gasteiger partial charge in [0, 0.05) is 29.6 Å². The smallest absolute Gasteiger partial charge is 0.339 e. The maximum absolute atomic E-state index is 13.7. The van der Waals surface area contributed by atoms with Gasteiger partial charge in [0.1, 0.15) is 24.2 Å². The van der Waals surface area contributed by atoms with E-state index in [1.165, 1.54) is 19.1 Å². The number of amides is 2. The van der Waals surface area contributed by atoms with Gasteiger partial charge in [0.05, 0.1) is 0 Å². The minimum absolute atomic E-state index is 0.243. The Labute approximate surface area is 138 Å². The Morgan fingerprint density at radius 3 is 2.96 bits per heavy atom. The molecular weight excluding hydrogens is 313 g/mol. The molecule has 0 spiro atoms.